The highest BCUT2D eigenvalue weighted by Gasteiger charge is 2.30. The van der Waals surface area contributed by atoms with Crippen molar-refractivity contribution in [3.63, 3.8) is 0 Å². The second kappa shape index (κ2) is 8.03. The zero-order valence-corrected chi connectivity index (χ0v) is 14.4. The van der Waals surface area contributed by atoms with E-state index in [0.29, 0.717) is 5.69 Å². The number of para-hydroxylation sites is 1. The number of amides is 2. The molecule has 2 N–H and O–H groups in total. The smallest absolute Gasteiger partial charge is 0.343 e. The molecule has 2 rings (SSSR count). The Morgan fingerprint density at radius 3 is 2.27 bits per heavy atom. The fraction of sp³-hybridized carbons (Fsp3) is 0.263. The highest BCUT2D eigenvalue weighted by atomic mass is 19.4. The second-order valence-corrected chi connectivity index (χ2v) is 5.77. The number of benzene rings is 2. The van der Waals surface area contributed by atoms with Gasteiger partial charge in [-0.2, -0.15) is 13.2 Å². The first-order valence-electron chi connectivity index (χ1n) is 8.06. The van der Waals surface area contributed by atoms with Crippen LogP contribution in [0.25, 0.3) is 0 Å². The highest BCUT2D eigenvalue weighted by Crippen LogP contribution is 2.29. The van der Waals surface area contributed by atoms with E-state index in [2.05, 4.69) is 10.6 Å². The van der Waals surface area contributed by atoms with Crippen LogP contribution in [-0.2, 0) is 17.4 Å². The Morgan fingerprint density at radius 2 is 1.69 bits per heavy atom. The summed E-state index contributed by atoms with van der Waals surface area (Å²) in [5.74, 6) is -1.02. The molecule has 0 atom stereocenters. The zero-order valence-electron chi connectivity index (χ0n) is 14.4. The Bertz CT molecular complexity index is 799. The van der Waals surface area contributed by atoms with E-state index in [9.17, 15) is 22.8 Å². The molecule has 138 valence electrons. The molecule has 0 aliphatic heterocycles. The molecule has 0 aliphatic rings. The van der Waals surface area contributed by atoms with Gasteiger partial charge in [-0.25, -0.2) is 0 Å². The molecular formula is C19H19F3N2O2. The van der Waals surface area contributed by atoms with E-state index in [1.165, 1.54) is 0 Å². The summed E-state index contributed by atoms with van der Waals surface area (Å²) in [6.07, 6.45) is -3.71. The van der Waals surface area contributed by atoms with Crippen LogP contribution in [-0.4, -0.2) is 18.4 Å². The number of carbonyl (C=O) groups is 2. The molecule has 0 bridgehead atoms. The van der Waals surface area contributed by atoms with E-state index in [0.717, 1.165) is 41.8 Å². The minimum Gasteiger partial charge on any atom is -0.343 e. The normalized spacial score (nSPS) is 11.1. The van der Waals surface area contributed by atoms with Crippen LogP contribution in [0, 0.1) is 6.92 Å². The van der Waals surface area contributed by atoms with Crippen molar-refractivity contribution in [1.29, 1.82) is 0 Å². The molecule has 0 aliphatic carbocycles. The van der Waals surface area contributed by atoms with Crippen molar-refractivity contribution in [3.8, 4) is 0 Å². The molecule has 0 unspecified atom stereocenters. The number of hydrogen-bond acceptors (Lipinski definition) is 2. The predicted molar refractivity (Wildman–Crippen MR) is 93.0 cm³/mol. The van der Waals surface area contributed by atoms with Crippen LogP contribution in [0.3, 0.4) is 0 Å². The Kier molecular flexibility index (Phi) is 6.02. The summed E-state index contributed by atoms with van der Waals surface area (Å²) < 4.78 is 37.6. The third-order valence-electron chi connectivity index (χ3n) is 3.89. The average molecular weight is 364 g/mol. The van der Waals surface area contributed by atoms with E-state index in [1.807, 2.05) is 32.0 Å². The zero-order chi connectivity index (χ0) is 19.3. The minimum atomic E-state index is -4.46. The Morgan fingerprint density at radius 1 is 1.04 bits per heavy atom. The van der Waals surface area contributed by atoms with Crippen LogP contribution in [0.1, 0.15) is 34.0 Å². The van der Waals surface area contributed by atoms with Crippen LogP contribution < -0.4 is 10.6 Å². The lowest BCUT2D eigenvalue weighted by Crippen LogP contribution is -2.33. The third-order valence-corrected chi connectivity index (χ3v) is 3.89. The molecule has 0 saturated heterocycles. The molecule has 26 heavy (non-hydrogen) atoms. The van der Waals surface area contributed by atoms with Crippen LogP contribution in [0.2, 0.25) is 0 Å². The molecule has 0 saturated carbocycles. The monoisotopic (exact) mass is 364 g/mol. The van der Waals surface area contributed by atoms with Gasteiger partial charge in [0.25, 0.3) is 5.91 Å². The Hall–Kier alpha value is -2.83. The average Bonchev–Trinajstić information content (AvgIpc) is 2.60. The number of aryl methyl sites for hydroxylation is 2. The molecule has 2 aromatic carbocycles. The summed E-state index contributed by atoms with van der Waals surface area (Å²) in [5.41, 5.74) is 1.82. The predicted octanol–water partition coefficient (Wildman–Crippen LogP) is 3.94. The second-order valence-electron chi connectivity index (χ2n) is 5.77. The summed E-state index contributed by atoms with van der Waals surface area (Å²) >= 11 is 0. The molecule has 2 amide bonds. The summed E-state index contributed by atoms with van der Waals surface area (Å²) in [6.45, 7) is 3.56. The number of alkyl halides is 3. The van der Waals surface area contributed by atoms with Gasteiger partial charge in [0.05, 0.1) is 12.1 Å². The van der Waals surface area contributed by atoms with Crippen LogP contribution in [0.4, 0.5) is 18.9 Å². The molecule has 2 aromatic rings. The maximum Gasteiger partial charge on any atom is 0.416 e. The van der Waals surface area contributed by atoms with Gasteiger partial charge < -0.3 is 10.6 Å². The van der Waals surface area contributed by atoms with E-state index in [4.69, 9.17) is 0 Å². The van der Waals surface area contributed by atoms with Gasteiger partial charge in [0.1, 0.15) is 0 Å². The maximum atomic E-state index is 12.5. The molecule has 7 heteroatoms. The Labute approximate surface area is 149 Å². The molecule has 0 aromatic heterocycles. The van der Waals surface area contributed by atoms with Gasteiger partial charge in [-0.05, 0) is 48.7 Å². The standard InChI is InChI=1S/C19H19F3N2O2/c1-3-13-6-4-5-12(2)17(13)24-16(25)11-23-18(26)14-7-9-15(10-8-14)19(20,21)22/h4-10H,3,11H2,1-2H3,(H,23,26)(H,24,25). The van der Waals surface area contributed by atoms with Gasteiger partial charge in [-0.1, -0.05) is 25.1 Å². The first kappa shape index (κ1) is 19.5. The van der Waals surface area contributed by atoms with Gasteiger partial charge >= 0.3 is 6.18 Å². The molecule has 4 nitrogen and oxygen atoms in total. The van der Waals surface area contributed by atoms with Gasteiger partial charge in [0, 0.05) is 11.3 Å². The fourth-order valence-corrected chi connectivity index (χ4v) is 2.46. The molecule has 0 fully saturated rings. The number of nitrogens with one attached hydrogen (secondary N) is 2. The van der Waals surface area contributed by atoms with Crippen molar-refractivity contribution in [2.45, 2.75) is 26.4 Å². The van der Waals surface area contributed by atoms with Crippen molar-refractivity contribution in [3.05, 3.63) is 64.7 Å². The quantitative estimate of drug-likeness (QED) is 0.844. The van der Waals surface area contributed by atoms with Crippen molar-refractivity contribution < 1.29 is 22.8 Å². The van der Waals surface area contributed by atoms with Gasteiger partial charge in [0.2, 0.25) is 5.91 Å². The van der Waals surface area contributed by atoms with Gasteiger partial charge in [0.15, 0.2) is 0 Å². The summed E-state index contributed by atoms with van der Waals surface area (Å²) in [4.78, 5) is 24.1. The first-order valence-corrected chi connectivity index (χ1v) is 8.06. The molecule has 0 radical (unpaired) electrons. The maximum absolute atomic E-state index is 12.5. The number of carbonyl (C=O) groups excluding carboxylic acids is 2. The number of hydrogen-bond donors (Lipinski definition) is 2. The lowest BCUT2D eigenvalue weighted by atomic mass is 10.1. The Balaban J connectivity index is 1.96. The third kappa shape index (κ3) is 4.84. The molecule has 0 spiro atoms. The lowest BCUT2D eigenvalue weighted by Gasteiger charge is -2.13. The van der Waals surface area contributed by atoms with Crippen molar-refractivity contribution in [2.24, 2.45) is 0 Å². The van der Waals surface area contributed by atoms with Crippen molar-refractivity contribution >= 4 is 17.5 Å². The van der Waals surface area contributed by atoms with Gasteiger partial charge in [-0.3, -0.25) is 9.59 Å². The van der Waals surface area contributed by atoms with Crippen molar-refractivity contribution in [1.82, 2.24) is 5.32 Å². The number of rotatable bonds is 5. The first-order chi connectivity index (χ1) is 12.2. The van der Waals surface area contributed by atoms with E-state index >= 15 is 0 Å². The van der Waals surface area contributed by atoms with Crippen LogP contribution in [0.15, 0.2) is 42.5 Å². The van der Waals surface area contributed by atoms with Gasteiger partial charge in [-0.15, -0.1) is 0 Å². The number of anilines is 1. The van der Waals surface area contributed by atoms with E-state index in [1.54, 1.807) is 0 Å². The summed E-state index contributed by atoms with van der Waals surface area (Å²) in [7, 11) is 0. The summed E-state index contributed by atoms with van der Waals surface area (Å²) in [6, 6.07) is 9.49. The van der Waals surface area contributed by atoms with Crippen LogP contribution in [0.5, 0.6) is 0 Å². The van der Waals surface area contributed by atoms with Crippen LogP contribution >= 0.6 is 0 Å². The van der Waals surface area contributed by atoms with E-state index in [-0.39, 0.29) is 12.1 Å². The highest BCUT2D eigenvalue weighted by molar-refractivity contribution is 5.99. The lowest BCUT2D eigenvalue weighted by molar-refractivity contribution is -0.137. The van der Waals surface area contributed by atoms with E-state index < -0.39 is 23.6 Å². The molecule has 0 heterocycles. The molecular weight excluding hydrogens is 345 g/mol. The number of halogens is 3. The SMILES string of the molecule is CCc1cccc(C)c1NC(=O)CNC(=O)c1ccc(C(F)(F)F)cc1. The minimum absolute atomic E-state index is 0.0518. The topological polar surface area (TPSA) is 58.2 Å². The van der Waals surface area contributed by atoms with Crippen molar-refractivity contribution in [2.75, 3.05) is 11.9 Å². The largest absolute Gasteiger partial charge is 0.416 e. The fourth-order valence-electron chi connectivity index (χ4n) is 2.46. The summed E-state index contributed by atoms with van der Waals surface area (Å²) in [5, 5.41) is 5.17.